The van der Waals surface area contributed by atoms with Gasteiger partial charge in [-0.15, -0.1) is 11.8 Å². The average Bonchev–Trinajstić information content (AvgIpc) is 3.20. The standard InChI is InChI=1S/C20H17BrN2O2S2/c21-16-6-2-3-7-17(16)23-19(24)11-22-20(25)15-5-1-4-8-18(15)27-13-14-9-10-26-12-14/h1-10,12H,11,13H2,(H,22,25)(H,23,24). The molecule has 0 bridgehead atoms. The molecule has 1 heterocycles. The van der Waals surface area contributed by atoms with E-state index in [2.05, 4.69) is 38.0 Å². The van der Waals surface area contributed by atoms with E-state index in [0.29, 0.717) is 11.3 Å². The fourth-order valence-electron chi connectivity index (χ4n) is 2.33. The maximum Gasteiger partial charge on any atom is 0.252 e. The number of carbonyl (C=O) groups excluding carboxylic acids is 2. The van der Waals surface area contributed by atoms with Crippen LogP contribution in [0.5, 0.6) is 0 Å². The number of anilines is 1. The number of thiophene rings is 1. The first-order valence-electron chi connectivity index (χ1n) is 8.19. The van der Waals surface area contributed by atoms with Gasteiger partial charge in [-0.2, -0.15) is 11.3 Å². The van der Waals surface area contributed by atoms with E-state index in [-0.39, 0.29) is 18.4 Å². The lowest BCUT2D eigenvalue weighted by atomic mass is 10.2. The van der Waals surface area contributed by atoms with E-state index in [1.807, 2.05) is 41.8 Å². The summed E-state index contributed by atoms with van der Waals surface area (Å²) in [6, 6.07) is 16.8. The Morgan fingerprint density at radius 2 is 1.81 bits per heavy atom. The van der Waals surface area contributed by atoms with Crippen LogP contribution < -0.4 is 10.6 Å². The summed E-state index contributed by atoms with van der Waals surface area (Å²) in [5.41, 5.74) is 2.47. The summed E-state index contributed by atoms with van der Waals surface area (Å²) in [5, 5.41) is 9.60. The molecule has 0 atom stereocenters. The van der Waals surface area contributed by atoms with Gasteiger partial charge in [-0.05, 0) is 62.6 Å². The number of carbonyl (C=O) groups is 2. The Bertz CT molecular complexity index is 929. The van der Waals surface area contributed by atoms with Crippen molar-refractivity contribution in [1.29, 1.82) is 0 Å². The predicted octanol–water partition coefficient (Wildman–Crippen LogP) is 5.17. The lowest BCUT2D eigenvalue weighted by Crippen LogP contribution is -2.33. The number of nitrogens with one attached hydrogen (secondary N) is 2. The third-order valence-corrected chi connectivity index (χ3v) is 6.23. The molecule has 0 spiro atoms. The van der Waals surface area contributed by atoms with Gasteiger partial charge in [0.05, 0.1) is 17.8 Å². The van der Waals surface area contributed by atoms with Gasteiger partial charge in [-0.3, -0.25) is 9.59 Å². The van der Waals surface area contributed by atoms with Crippen LogP contribution in [0, 0.1) is 0 Å². The van der Waals surface area contributed by atoms with Crippen LogP contribution >= 0.6 is 39.0 Å². The largest absolute Gasteiger partial charge is 0.343 e. The van der Waals surface area contributed by atoms with Gasteiger partial charge in [0.1, 0.15) is 0 Å². The molecule has 138 valence electrons. The van der Waals surface area contributed by atoms with Gasteiger partial charge in [0.15, 0.2) is 0 Å². The van der Waals surface area contributed by atoms with Crippen molar-refractivity contribution < 1.29 is 9.59 Å². The molecule has 0 aliphatic rings. The summed E-state index contributed by atoms with van der Waals surface area (Å²) in [6.45, 7) is -0.0936. The molecule has 0 unspecified atom stereocenters. The maximum absolute atomic E-state index is 12.5. The summed E-state index contributed by atoms with van der Waals surface area (Å²) in [7, 11) is 0. The van der Waals surface area contributed by atoms with Crippen LogP contribution in [0.2, 0.25) is 0 Å². The second-order valence-electron chi connectivity index (χ2n) is 5.63. The molecule has 0 saturated carbocycles. The second kappa shape index (κ2) is 9.73. The fourth-order valence-corrected chi connectivity index (χ4v) is 4.48. The van der Waals surface area contributed by atoms with E-state index >= 15 is 0 Å². The minimum atomic E-state index is -0.279. The van der Waals surface area contributed by atoms with Crippen LogP contribution in [0.25, 0.3) is 0 Å². The van der Waals surface area contributed by atoms with Crippen molar-refractivity contribution in [1.82, 2.24) is 5.32 Å². The third-order valence-electron chi connectivity index (χ3n) is 3.66. The third kappa shape index (κ3) is 5.69. The topological polar surface area (TPSA) is 58.2 Å². The molecule has 0 radical (unpaired) electrons. The summed E-state index contributed by atoms with van der Waals surface area (Å²) >= 11 is 6.65. The Labute approximate surface area is 174 Å². The molecule has 1 aromatic heterocycles. The lowest BCUT2D eigenvalue weighted by Gasteiger charge is -2.11. The first kappa shape index (κ1) is 19.7. The zero-order valence-electron chi connectivity index (χ0n) is 14.3. The highest BCUT2D eigenvalue weighted by molar-refractivity contribution is 9.10. The van der Waals surface area contributed by atoms with Crippen LogP contribution in [0.15, 0.2) is 74.7 Å². The van der Waals surface area contributed by atoms with Crippen molar-refractivity contribution in [3.8, 4) is 0 Å². The maximum atomic E-state index is 12.5. The van der Waals surface area contributed by atoms with E-state index in [4.69, 9.17) is 0 Å². The molecule has 7 heteroatoms. The molecule has 27 heavy (non-hydrogen) atoms. The number of halogens is 1. The van der Waals surface area contributed by atoms with Gasteiger partial charge in [-0.1, -0.05) is 24.3 Å². The lowest BCUT2D eigenvalue weighted by molar-refractivity contribution is -0.115. The van der Waals surface area contributed by atoms with Gasteiger partial charge in [0, 0.05) is 15.1 Å². The minimum absolute atomic E-state index is 0.0936. The summed E-state index contributed by atoms with van der Waals surface area (Å²) < 4.78 is 0.792. The number of hydrogen-bond acceptors (Lipinski definition) is 4. The van der Waals surface area contributed by atoms with Gasteiger partial charge in [0.2, 0.25) is 5.91 Å². The van der Waals surface area contributed by atoms with E-state index in [0.717, 1.165) is 15.1 Å². The fraction of sp³-hybridized carbons (Fsp3) is 0.100. The number of amides is 2. The molecule has 3 rings (SSSR count). The van der Waals surface area contributed by atoms with Crippen molar-refractivity contribution in [2.75, 3.05) is 11.9 Å². The van der Waals surface area contributed by atoms with Crippen molar-refractivity contribution in [2.24, 2.45) is 0 Å². The normalized spacial score (nSPS) is 10.4. The number of thioether (sulfide) groups is 1. The molecule has 0 saturated heterocycles. The van der Waals surface area contributed by atoms with E-state index in [1.54, 1.807) is 35.2 Å². The summed E-state index contributed by atoms with van der Waals surface area (Å²) in [4.78, 5) is 25.6. The Hall–Kier alpha value is -2.09. The van der Waals surface area contributed by atoms with Gasteiger partial charge < -0.3 is 10.6 Å². The van der Waals surface area contributed by atoms with Gasteiger partial charge >= 0.3 is 0 Å². The molecular weight excluding hydrogens is 444 g/mol. The van der Waals surface area contributed by atoms with Gasteiger partial charge in [-0.25, -0.2) is 0 Å². The Morgan fingerprint density at radius 1 is 1.04 bits per heavy atom. The number of para-hydroxylation sites is 1. The van der Waals surface area contributed by atoms with E-state index in [1.165, 1.54) is 5.56 Å². The van der Waals surface area contributed by atoms with Crippen LogP contribution in [0.4, 0.5) is 5.69 Å². The summed E-state index contributed by atoms with van der Waals surface area (Å²) in [6.07, 6.45) is 0. The molecule has 0 fully saturated rings. The van der Waals surface area contributed by atoms with E-state index < -0.39 is 0 Å². The zero-order chi connectivity index (χ0) is 19.1. The van der Waals surface area contributed by atoms with Crippen LogP contribution in [-0.2, 0) is 10.5 Å². The highest BCUT2D eigenvalue weighted by Crippen LogP contribution is 2.27. The first-order valence-corrected chi connectivity index (χ1v) is 10.9. The van der Waals surface area contributed by atoms with Crippen molar-refractivity contribution in [2.45, 2.75) is 10.6 Å². The van der Waals surface area contributed by atoms with Crippen LogP contribution in [-0.4, -0.2) is 18.4 Å². The molecule has 2 amide bonds. The van der Waals surface area contributed by atoms with Gasteiger partial charge in [0.25, 0.3) is 5.91 Å². The Kier molecular flexibility index (Phi) is 7.09. The molecular formula is C20H17BrN2O2S2. The molecule has 2 aromatic carbocycles. The molecule has 0 aliphatic carbocycles. The SMILES string of the molecule is O=C(CNC(=O)c1ccccc1SCc1ccsc1)Nc1ccccc1Br. The minimum Gasteiger partial charge on any atom is -0.343 e. The highest BCUT2D eigenvalue weighted by Gasteiger charge is 2.13. The highest BCUT2D eigenvalue weighted by atomic mass is 79.9. The zero-order valence-corrected chi connectivity index (χ0v) is 17.5. The van der Waals surface area contributed by atoms with Crippen LogP contribution in [0.1, 0.15) is 15.9 Å². The monoisotopic (exact) mass is 460 g/mol. The number of hydrogen-bond donors (Lipinski definition) is 2. The molecule has 3 aromatic rings. The second-order valence-corrected chi connectivity index (χ2v) is 8.28. The average molecular weight is 461 g/mol. The van der Waals surface area contributed by atoms with Crippen molar-refractivity contribution >= 4 is 56.5 Å². The molecule has 2 N–H and O–H groups in total. The Balaban J connectivity index is 1.57. The summed E-state index contributed by atoms with van der Waals surface area (Å²) in [5.74, 6) is 0.264. The smallest absolute Gasteiger partial charge is 0.252 e. The quantitative estimate of drug-likeness (QED) is 0.478. The molecule has 0 aliphatic heterocycles. The van der Waals surface area contributed by atoms with Crippen molar-refractivity contribution in [3.63, 3.8) is 0 Å². The van der Waals surface area contributed by atoms with Crippen molar-refractivity contribution in [3.05, 3.63) is 81.0 Å². The van der Waals surface area contributed by atoms with E-state index in [9.17, 15) is 9.59 Å². The number of rotatable bonds is 7. The predicted molar refractivity (Wildman–Crippen MR) is 115 cm³/mol. The molecule has 4 nitrogen and oxygen atoms in total. The first-order chi connectivity index (χ1) is 13.1. The Morgan fingerprint density at radius 3 is 2.59 bits per heavy atom. The van der Waals surface area contributed by atoms with Crippen LogP contribution in [0.3, 0.4) is 0 Å². The number of benzene rings is 2.